The van der Waals surface area contributed by atoms with Crippen molar-refractivity contribution in [3.05, 3.63) is 53.8 Å². The van der Waals surface area contributed by atoms with E-state index in [9.17, 15) is 17.6 Å². The maximum Gasteiger partial charge on any atom is 0.339 e. The number of hydrogen-bond donors (Lipinski definition) is 1. The lowest BCUT2D eigenvalue weighted by atomic mass is 10.1. The second kappa shape index (κ2) is 10.6. The fourth-order valence-corrected chi connectivity index (χ4v) is 3.68. The van der Waals surface area contributed by atoms with Crippen molar-refractivity contribution in [3.8, 4) is 11.5 Å². The van der Waals surface area contributed by atoms with Crippen LogP contribution in [0.3, 0.4) is 0 Å². The molecule has 0 aliphatic carbocycles. The third-order valence-electron chi connectivity index (χ3n) is 4.22. The van der Waals surface area contributed by atoms with Crippen molar-refractivity contribution in [1.29, 1.82) is 0 Å². The fourth-order valence-electron chi connectivity index (χ4n) is 2.75. The van der Waals surface area contributed by atoms with E-state index in [1.54, 1.807) is 24.1 Å². The van der Waals surface area contributed by atoms with Gasteiger partial charge in [-0.3, -0.25) is 0 Å². The highest BCUT2D eigenvalue weighted by atomic mass is 32.2. The maximum absolute atomic E-state index is 13.9. The van der Waals surface area contributed by atoms with Crippen LogP contribution in [-0.4, -0.2) is 52.3 Å². The van der Waals surface area contributed by atoms with Crippen LogP contribution in [0, 0.1) is 5.82 Å². The smallest absolute Gasteiger partial charge is 0.339 e. The third-order valence-corrected chi connectivity index (χ3v) is 5.47. The molecular weight excluding hydrogens is 439 g/mol. The van der Waals surface area contributed by atoms with Gasteiger partial charge in [-0.1, -0.05) is 12.1 Å². The predicted molar refractivity (Wildman–Crippen MR) is 118 cm³/mol. The Kier molecular flexibility index (Phi) is 8.45. The van der Waals surface area contributed by atoms with E-state index in [1.165, 1.54) is 31.4 Å². The number of amides is 2. The lowest BCUT2D eigenvalue weighted by molar-refractivity contribution is 0.142. The maximum atomic E-state index is 13.9. The summed E-state index contributed by atoms with van der Waals surface area (Å²) in [7, 11) is -1.44. The number of methoxy groups -OCH3 is 2. The van der Waals surface area contributed by atoms with Crippen molar-refractivity contribution in [2.24, 2.45) is 0 Å². The van der Waals surface area contributed by atoms with Crippen LogP contribution in [0.1, 0.15) is 26.3 Å². The first kappa shape index (κ1) is 25.4. The second-order valence-corrected chi connectivity index (χ2v) is 9.62. The van der Waals surface area contributed by atoms with Gasteiger partial charge in [0, 0.05) is 25.7 Å². The van der Waals surface area contributed by atoms with Gasteiger partial charge in [-0.25, -0.2) is 9.18 Å². The summed E-state index contributed by atoms with van der Waals surface area (Å²) in [6.45, 7) is 6.51. The zero-order chi connectivity index (χ0) is 23.9. The molecule has 0 unspecified atom stereocenters. The number of halogens is 1. The van der Waals surface area contributed by atoms with Crippen molar-refractivity contribution in [1.82, 2.24) is 10.2 Å². The molecule has 0 atom stereocenters. The molecule has 1 N–H and O–H groups in total. The Bertz CT molecular complexity index is 1040. The summed E-state index contributed by atoms with van der Waals surface area (Å²) in [5, 5.41) is 2.90. The molecule has 8 nitrogen and oxygen atoms in total. The summed E-state index contributed by atoms with van der Waals surface area (Å²) in [5.74, 6) is -0.846. The van der Waals surface area contributed by atoms with E-state index in [1.807, 2.05) is 20.8 Å². The number of rotatable bonds is 9. The number of carbonyl (C=O) groups excluding carboxylic acids is 1. The average molecular weight is 469 g/mol. The van der Waals surface area contributed by atoms with E-state index in [2.05, 4.69) is 5.32 Å². The van der Waals surface area contributed by atoms with E-state index in [0.29, 0.717) is 18.7 Å². The molecule has 176 valence electrons. The summed E-state index contributed by atoms with van der Waals surface area (Å²) in [6.07, 6.45) is 0. The van der Waals surface area contributed by atoms with E-state index in [0.717, 1.165) is 6.07 Å². The fraction of sp³-hybridized carbons (Fsp3) is 0.409. The Balaban J connectivity index is 2.20. The van der Waals surface area contributed by atoms with E-state index < -0.39 is 21.5 Å². The minimum Gasteiger partial charge on any atom is -0.494 e. The standard InChI is InChI=1S/C22H29FN2O6S/c1-22(2,3)24-21(26)25(11-12-29-4)15-16-7-6-8-17(13-16)31-32(27,28)18-9-10-20(30-5)19(23)14-18/h6-10,13-14H,11-12,15H2,1-5H3,(H,24,26). The first-order valence-corrected chi connectivity index (χ1v) is 11.3. The van der Waals surface area contributed by atoms with E-state index in [4.69, 9.17) is 13.7 Å². The third kappa shape index (κ3) is 7.38. The van der Waals surface area contributed by atoms with Gasteiger partial charge in [0.05, 0.1) is 13.7 Å². The molecule has 0 aromatic heterocycles. The summed E-state index contributed by atoms with van der Waals surface area (Å²) in [4.78, 5) is 13.9. The number of carbonyl (C=O) groups is 1. The molecule has 0 radical (unpaired) electrons. The highest BCUT2D eigenvalue weighted by molar-refractivity contribution is 7.87. The lowest BCUT2D eigenvalue weighted by Crippen LogP contribution is -2.49. The van der Waals surface area contributed by atoms with Gasteiger partial charge < -0.3 is 23.9 Å². The minimum atomic E-state index is -4.27. The number of urea groups is 1. The van der Waals surface area contributed by atoms with Gasteiger partial charge in [-0.05, 0) is 56.7 Å². The molecule has 0 bridgehead atoms. The van der Waals surface area contributed by atoms with Crippen molar-refractivity contribution in [3.63, 3.8) is 0 Å². The van der Waals surface area contributed by atoms with Gasteiger partial charge in [0.25, 0.3) is 0 Å². The summed E-state index contributed by atoms with van der Waals surface area (Å²) in [5.41, 5.74) is 0.230. The van der Waals surface area contributed by atoms with Crippen molar-refractivity contribution in [2.45, 2.75) is 37.8 Å². The molecule has 0 saturated heterocycles. The van der Waals surface area contributed by atoms with Crippen LogP contribution < -0.4 is 14.2 Å². The number of ether oxygens (including phenoxy) is 2. The predicted octanol–water partition coefficient (Wildman–Crippen LogP) is 3.56. The average Bonchev–Trinajstić information content (AvgIpc) is 2.69. The Morgan fingerprint density at radius 1 is 1.12 bits per heavy atom. The first-order valence-electron chi connectivity index (χ1n) is 9.88. The SMILES string of the molecule is COCCN(Cc1cccc(OS(=O)(=O)c2ccc(OC)c(F)c2)c1)C(=O)NC(C)(C)C. The Hall–Kier alpha value is -2.85. The Labute approximate surface area is 188 Å². The number of nitrogens with one attached hydrogen (secondary N) is 1. The van der Waals surface area contributed by atoms with Crippen LogP contribution >= 0.6 is 0 Å². The molecule has 32 heavy (non-hydrogen) atoms. The van der Waals surface area contributed by atoms with Crippen LogP contribution in [0.4, 0.5) is 9.18 Å². The Morgan fingerprint density at radius 3 is 2.44 bits per heavy atom. The molecule has 0 aliphatic heterocycles. The molecule has 2 aromatic rings. The number of hydrogen-bond acceptors (Lipinski definition) is 6. The number of benzene rings is 2. The van der Waals surface area contributed by atoms with Gasteiger partial charge in [0.2, 0.25) is 0 Å². The molecule has 0 spiro atoms. The highest BCUT2D eigenvalue weighted by Crippen LogP contribution is 2.24. The van der Waals surface area contributed by atoms with Gasteiger partial charge in [-0.15, -0.1) is 0 Å². The molecule has 2 amide bonds. The first-order chi connectivity index (χ1) is 14.9. The zero-order valence-corrected chi connectivity index (χ0v) is 19.7. The van der Waals surface area contributed by atoms with Crippen LogP contribution in [0.2, 0.25) is 0 Å². The molecule has 10 heteroatoms. The van der Waals surface area contributed by atoms with Gasteiger partial charge in [0.15, 0.2) is 11.6 Å². The van der Waals surface area contributed by atoms with E-state index >= 15 is 0 Å². The van der Waals surface area contributed by atoms with Crippen molar-refractivity contribution < 1.29 is 31.3 Å². The van der Waals surface area contributed by atoms with Crippen LogP contribution in [0.15, 0.2) is 47.4 Å². The monoisotopic (exact) mass is 468 g/mol. The van der Waals surface area contributed by atoms with Crippen LogP contribution in [0.5, 0.6) is 11.5 Å². The van der Waals surface area contributed by atoms with Crippen LogP contribution in [0.25, 0.3) is 0 Å². The number of nitrogens with zero attached hydrogens (tertiary/aromatic N) is 1. The molecule has 0 saturated carbocycles. The Morgan fingerprint density at radius 2 is 1.84 bits per heavy atom. The molecule has 0 fully saturated rings. The largest absolute Gasteiger partial charge is 0.494 e. The lowest BCUT2D eigenvalue weighted by Gasteiger charge is -2.28. The van der Waals surface area contributed by atoms with Gasteiger partial charge >= 0.3 is 16.1 Å². The van der Waals surface area contributed by atoms with Crippen LogP contribution in [-0.2, 0) is 21.4 Å². The normalized spacial score (nSPS) is 11.7. The molecule has 0 heterocycles. The zero-order valence-electron chi connectivity index (χ0n) is 18.8. The molecule has 2 aromatic carbocycles. The topological polar surface area (TPSA) is 94.2 Å². The molecule has 2 rings (SSSR count). The van der Waals surface area contributed by atoms with Crippen molar-refractivity contribution in [2.75, 3.05) is 27.4 Å². The van der Waals surface area contributed by atoms with Gasteiger partial charge in [0.1, 0.15) is 10.6 Å². The second-order valence-electron chi connectivity index (χ2n) is 8.08. The quantitative estimate of drug-likeness (QED) is 0.566. The summed E-state index contributed by atoms with van der Waals surface area (Å²) >= 11 is 0. The van der Waals surface area contributed by atoms with Gasteiger partial charge in [-0.2, -0.15) is 8.42 Å². The highest BCUT2D eigenvalue weighted by Gasteiger charge is 2.22. The molecule has 0 aliphatic rings. The molecular formula is C22H29FN2O6S. The summed E-state index contributed by atoms with van der Waals surface area (Å²) < 4.78 is 54.1. The van der Waals surface area contributed by atoms with Crippen molar-refractivity contribution >= 4 is 16.1 Å². The minimum absolute atomic E-state index is 0.0432. The van der Waals surface area contributed by atoms with E-state index in [-0.39, 0.29) is 29.0 Å². The summed E-state index contributed by atoms with van der Waals surface area (Å²) in [6, 6.07) is 9.32.